The second-order valence-corrected chi connectivity index (χ2v) is 15.6. The van der Waals surface area contributed by atoms with E-state index in [1.807, 2.05) is 0 Å². The van der Waals surface area contributed by atoms with E-state index in [1.54, 1.807) is 0 Å². The molecule has 0 aromatic heterocycles. The Bertz CT molecular complexity index is 651. The van der Waals surface area contributed by atoms with E-state index in [2.05, 4.69) is 52.9 Å². The summed E-state index contributed by atoms with van der Waals surface area (Å²) in [6, 6.07) is 0. The molecule has 6 atom stereocenters. The van der Waals surface area contributed by atoms with Gasteiger partial charge in [0.25, 0.3) is 0 Å². The lowest BCUT2D eigenvalue weighted by molar-refractivity contribution is -0.206. The molecular weight excluding hydrogens is 356 g/mol. The van der Waals surface area contributed by atoms with Crippen LogP contribution in [0.4, 0.5) is 0 Å². The van der Waals surface area contributed by atoms with Crippen molar-refractivity contribution in [2.24, 2.45) is 17.8 Å². The van der Waals surface area contributed by atoms with Gasteiger partial charge in [-0.25, -0.2) is 0 Å². The van der Waals surface area contributed by atoms with E-state index in [4.69, 9.17) is 13.9 Å². The van der Waals surface area contributed by atoms with Crippen molar-refractivity contribution in [1.82, 2.24) is 0 Å². The van der Waals surface area contributed by atoms with Crippen LogP contribution in [0.1, 0.15) is 59.8 Å². The van der Waals surface area contributed by atoms with Crippen LogP contribution in [0, 0.1) is 17.8 Å². The topological polar surface area (TPSA) is 44.8 Å². The Kier molecular flexibility index (Phi) is 4.49. The number of hydrogen-bond acceptors (Lipinski definition) is 4. The highest BCUT2D eigenvalue weighted by molar-refractivity contribution is 6.74. The maximum Gasteiger partial charge on any atom is 0.312 e. The minimum absolute atomic E-state index is 0.0401. The summed E-state index contributed by atoms with van der Waals surface area (Å²) in [6.45, 7) is 14.3. The van der Waals surface area contributed by atoms with Crippen molar-refractivity contribution in [3.05, 3.63) is 12.2 Å². The molecule has 5 heteroatoms. The zero-order valence-electron chi connectivity index (χ0n) is 17.8. The summed E-state index contributed by atoms with van der Waals surface area (Å²) < 4.78 is 19.2. The molecule has 3 aliphatic carbocycles. The Hall–Kier alpha value is -0.653. The van der Waals surface area contributed by atoms with Gasteiger partial charge in [0.1, 0.15) is 11.2 Å². The number of carbonyl (C=O) groups excluding carboxylic acids is 1. The van der Waals surface area contributed by atoms with Crippen molar-refractivity contribution >= 4 is 14.3 Å². The third-order valence-corrected chi connectivity index (χ3v) is 12.8. The van der Waals surface area contributed by atoms with Crippen molar-refractivity contribution < 1.29 is 18.7 Å². The predicted molar refractivity (Wildman–Crippen MR) is 108 cm³/mol. The zero-order chi connectivity index (χ0) is 19.7. The largest absolute Gasteiger partial charge is 0.456 e. The minimum Gasteiger partial charge on any atom is -0.456 e. The summed E-state index contributed by atoms with van der Waals surface area (Å²) in [4.78, 5) is 12.3. The summed E-state index contributed by atoms with van der Waals surface area (Å²) in [5, 5.41) is 0.204. The SMILES string of the molecule is CC(C)(C)[Si](C)(C)O[C@@H]1CCC=C[C@@H]1CO[C@]12[C@@H]3CC[C@@]1(C)OC(=O)[C@H]2C3. The Balaban J connectivity index is 1.48. The molecule has 0 spiro atoms. The second-order valence-electron chi connectivity index (χ2n) is 10.9. The van der Waals surface area contributed by atoms with E-state index >= 15 is 0 Å². The van der Waals surface area contributed by atoms with Crippen LogP contribution in [0.5, 0.6) is 0 Å². The highest BCUT2D eigenvalue weighted by Crippen LogP contribution is 2.67. The molecule has 0 amide bonds. The van der Waals surface area contributed by atoms with Gasteiger partial charge < -0.3 is 13.9 Å². The van der Waals surface area contributed by atoms with Crippen LogP contribution >= 0.6 is 0 Å². The van der Waals surface area contributed by atoms with E-state index in [9.17, 15) is 4.79 Å². The van der Waals surface area contributed by atoms with Crippen LogP contribution in [0.15, 0.2) is 12.2 Å². The van der Waals surface area contributed by atoms with Crippen LogP contribution < -0.4 is 0 Å². The molecule has 152 valence electrons. The zero-order valence-corrected chi connectivity index (χ0v) is 18.8. The normalized spacial score (nSPS) is 43.4. The second kappa shape index (κ2) is 6.17. The molecule has 4 rings (SSSR count). The monoisotopic (exact) mass is 392 g/mol. The number of esters is 1. The van der Waals surface area contributed by atoms with Gasteiger partial charge in [-0.1, -0.05) is 32.9 Å². The standard InChI is InChI=1S/C22H36O4Si/c1-20(2,3)27(5,6)26-18-10-8-7-9-15(18)14-24-22-16-11-12-21(22,4)25-19(23)17(22)13-16/h7,9,15-18H,8,10-14H2,1-6H3/t15-,16-,17-,18-,21-,22+/m1/s1. The van der Waals surface area contributed by atoms with Crippen LogP contribution in [-0.4, -0.2) is 38.2 Å². The molecule has 27 heavy (non-hydrogen) atoms. The molecule has 0 bridgehead atoms. The fraction of sp³-hybridized carbons (Fsp3) is 0.864. The number of carbonyl (C=O) groups is 1. The first-order chi connectivity index (χ1) is 12.5. The van der Waals surface area contributed by atoms with Crippen LogP contribution in [0.3, 0.4) is 0 Å². The number of rotatable bonds is 5. The predicted octanol–water partition coefficient (Wildman–Crippen LogP) is 4.84. The summed E-state index contributed by atoms with van der Waals surface area (Å²) in [6.07, 6.45) is 9.90. The van der Waals surface area contributed by atoms with Gasteiger partial charge >= 0.3 is 5.97 Å². The van der Waals surface area contributed by atoms with Gasteiger partial charge in [0.15, 0.2) is 8.32 Å². The van der Waals surface area contributed by atoms with E-state index in [0.717, 1.165) is 32.1 Å². The van der Waals surface area contributed by atoms with E-state index < -0.39 is 13.9 Å². The molecule has 4 nitrogen and oxygen atoms in total. The molecule has 1 heterocycles. The lowest BCUT2D eigenvalue weighted by Gasteiger charge is -2.51. The van der Waals surface area contributed by atoms with Crippen molar-refractivity contribution in [3.63, 3.8) is 0 Å². The Morgan fingerprint density at radius 2 is 2.04 bits per heavy atom. The summed E-state index contributed by atoms with van der Waals surface area (Å²) in [5.74, 6) is 0.650. The first-order valence-corrected chi connectivity index (χ1v) is 13.6. The highest BCUT2D eigenvalue weighted by Gasteiger charge is 2.77. The molecule has 0 aromatic carbocycles. The lowest BCUT2D eigenvalue weighted by Crippen LogP contribution is -2.62. The quantitative estimate of drug-likeness (QED) is 0.381. The van der Waals surface area contributed by atoms with Crippen LogP contribution in [0.2, 0.25) is 18.1 Å². The van der Waals surface area contributed by atoms with Gasteiger partial charge in [-0.3, -0.25) is 4.79 Å². The third kappa shape index (κ3) is 2.79. The van der Waals surface area contributed by atoms with Gasteiger partial charge in [0.05, 0.1) is 18.6 Å². The molecule has 2 saturated carbocycles. The lowest BCUT2D eigenvalue weighted by atomic mass is 9.60. The minimum atomic E-state index is -1.82. The highest BCUT2D eigenvalue weighted by atomic mass is 28.4. The van der Waals surface area contributed by atoms with Crippen molar-refractivity contribution in [1.29, 1.82) is 0 Å². The van der Waals surface area contributed by atoms with Gasteiger partial charge in [-0.15, -0.1) is 0 Å². The molecule has 0 N–H and O–H groups in total. The third-order valence-electron chi connectivity index (χ3n) is 8.30. The molecule has 0 unspecified atom stereocenters. The molecule has 1 saturated heterocycles. The maximum absolute atomic E-state index is 12.3. The molecule has 0 aromatic rings. The average Bonchev–Trinajstić information content (AvgIpc) is 2.81. The number of hydrogen-bond donors (Lipinski definition) is 0. The molecule has 1 aliphatic heterocycles. The Morgan fingerprint density at radius 3 is 2.74 bits per heavy atom. The summed E-state index contributed by atoms with van der Waals surface area (Å²) in [5.41, 5.74) is -0.803. The Morgan fingerprint density at radius 1 is 1.30 bits per heavy atom. The molecular formula is C22H36O4Si. The van der Waals surface area contributed by atoms with Gasteiger partial charge in [0.2, 0.25) is 0 Å². The first-order valence-electron chi connectivity index (χ1n) is 10.7. The van der Waals surface area contributed by atoms with Crippen molar-refractivity contribution in [2.45, 2.75) is 95.2 Å². The van der Waals surface area contributed by atoms with Crippen LogP contribution in [-0.2, 0) is 18.7 Å². The van der Waals surface area contributed by atoms with Crippen molar-refractivity contribution in [3.8, 4) is 0 Å². The molecule has 4 aliphatic rings. The van der Waals surface area contributed by atoms with E-state index in [-0.39, 0.29) is 34.5 Å². The smallest absolute Gasteiger partial charge is 0.312 e. The molecule has 0 radical (unpaired) electrons. The fourth-order valence-electron chi connectivity index (χ4n) is 5.57. The van der Waals surface area contributed by atoms with E-state index in [1.165, 1.54) is 0 Å². The van der Waals surface area contributed by atoms with Gasteiger partial charge in [-0.05, 0) is 63.1 Å². The summed E-state index contributed by atoms with van der Waals surface area (Å²) in [7, 11) is -1.82. The maximum atomic E-state index is 12.3. The van der Waals surface area contributed by atoms with Gasteiger partial charge in [-0.2, -0.15) is 0 Å². The first kappa shape index (κ1) is 19.7. The number of allylic oxidation sites excluding steroid dienone is 1. The number of ether oxygens (including phenoxy) is 2. The van der Waals surface area contributed by atoms with Crippen molar-refractivity contribution in [2.75, 3.05) is 6.61 Å². The van der Waals surface area contributed by atoms with Crippen LogP contribution in [0.25, 0.3) is 0 Å². The average molecular weight is 393 g/mol. The molecule has 3 fully saturated rings. The van der Waals surface area contributed by atoms with Gasteiger partial charge in [0, 0.05) is 5.92 Å². The Labute approximate surface area is 165 Å². The fourth-order valence-corrected chi connectivity index (χ4v) is 6.97. The van der Waals surface area contributed by atoms with E-state index in [0.29, 0.717) is 12.5 Å². The summed E-state index contributed by atoms with van der Waals surface area (Å²) >= 11 is 0.